The minimum absolute atomic E-state index is 0.0572. The van der Waals surface area contributed by atoms with Crippen LogP contribution in [0.5, 0.6) is 23.0 Å². The number of carbonyl (C=O) groups is 1. The van der Waals surface area contributed by atoms with E-state index < -0.39 is 5.97 Å². The van der Waals surface area contributed by atoms with Crippen molar-refractivity contribution in [1.82, 2.24) is 4.98 Å². The van der Waals surface area contributed by atoms with Crippen molar-refractivity contribution in [3.63, 3.8) is 0 Å². The first-order valence-electron chi connectivity index (χ1n) is 17.3. The van der Waals surface area contributed by atoms with E-state index in [1.54, 1.807) is 6.07 Å². The lowest BCUT2D eigenvalue weighted by Gasteiger charge is -2.13. The molecule has 0 amide bonds. The van der Waals surface area contributed by atoms with E-state index in [-0.39, 0.29) is 5.69 Å². The van der Waals surface area contributed by atoms with Gasteiger partial charge in [-0.25, -0.2) is 9.78 Å². The monoisotopic (exact) mass is 609 g/mol. The first-order valence-corrected chi connectivity index (χ1v) is 17.3. The molecule has 0 saturated heterocycles. The second-order valence-electron chi connectivity index (χ2n) is 12.2. The topological polar surface area (TPSA) is 68.7 Å². The van der Waals surface area contributed by atoms with Crippen LogP contribution in [0.2, 0.25) is 0 Å². The van der Waals surface area contributed by atoms with Gasteiger partial charge in [0.25, 0.3) is 0 Å². The summed E-state index contributed by atoms with van der Waals surface area (Å²) in [6, 6.07) is 23.4. The van der Waals surface area contributed by atoms with Gasteiger partial charge in [0, 0.05) is 11.5 Å². The Morgan fingerprint density at radius 1 is 0.578 bits per heavy atom. The Bertz CT molecular complexity index is 1450. The number of carboxylic acids is 1. The lowest BCUT2D eigenvalue weighted by molar-refractivity contribution is 0.0690. The zero-order valence-electron chi connectivity index (χ0n) is 27.4. The molecule has 4 rings (SSSR count). The summed E-state index contributed by atoms with van der Waals surface area (Å²) in [5.41, 5.74) is 3.09. The summed E-state index contributed by atoms with van der Waals surface area (Å²) in [7, 11) is 0. The lowest BCUT2D eigenvalue weighted by Crippen LogP contribution is -2.01. The Morgan fingerprint density at radius 3 is 1.56 bits per heavy atom. The molecule has 0 radical (unpaired) electrons. The number of ether oxygens (including phenoxy) is 2. The molecule has 0 unspecified atom stereocenters. The van der Waals surface area contributed by atoms with Crippen LogP contribution >= 0.6 is 0 Å². The van der Waals surface area contributed by atoms with Gasteiger partial charge in [-0.05, 0) is 79.3 Å². The fraction of sp³-hybridized carbons (Fsp3) is 0.450. The standard InChI is InChI=1S/C40H51NO4/c1-3-5-7-9-11-13-15-17-31-19-23-33(24-20-31)44-35-27-28-37-36(29-35)39(30-38(41-37)40(42)43)45-34-25-21-32(22-26-34)18-16-14-12-10-8-6-4-2/h19-30H,3-18H2,1-2H3,(H,42,43). The molecule has 5 nitrogen and oxygen atoms in total. The highest BCUT2D eigenvalue weighted by Crippen LogP contribution is 2.34. The Labute approximate surface area is 270 Å². The lowest BCUT2D eigenvalue weighted by atomic mass is 10.0. The van der Waals surface area contributed by atoms with Crippen molar-refractivity contribution < 1.29 is 19.4 Å². The van der Waals surface area contributed by atoms with Crippen molar-refractivity contribution in [1.29, 1.82) is 0 Å². The van der Waals surface area contributed by atoms with E-state index in [9.17, 15) is 9.90 Å². The van der Waals surface area contributed by atoms with Gasteiger partial charge in [-0.15, -0.1) is 0 Å². The highest BCUT2D eigenvalue weighted by atomic mass is 16.5. The molecule has 0 aliphatic rings. The fourth-order valence-corrected chi connectivity index (χ4v) is 5.72. The number of aromatic carboxylic acids is 1. The molecule has 0 saturated carbocycles. The molecule has 4 aromatic rings. The van der Waals surface area contributed by atoms with Crippen molar-refractivity contribution in [2.75, 3.05) is 0 Å². The van der Waals surface area contributed by atoms with Gasteiger partial charge in [-0.3, -0.25) is 0 Å². The Kier molecular flexibility index (Phi) is 14.2. The average molecular weight is 610 g/mol. The number of pyridine rings is 1. The predicted octanol–water partition coefficient (Wildman–Crippen LogP) is 12.1. The van der Waals surface area contributed by atoms with E-state index in [0.717, 1.165) is 18.6 Å². The maximum Gasteiger partial charge on any atom is 0.354 e. The summed E-state index contributed by atoms with van der Waals surface area (Å²) in [5.74, 6) is 1.40. The van der Waals surface area contributed by atoms with Crippen LogP contribution in [0.25, 0.3) is 10.9 Å². The molecular weight excluding hydrogens is 558 g/mol. The average Bonchev–Trinajstić information content (AvgIpc) is 3.05. The summed E-state index contributed by atoms with van der Waals surface area (Å²) in [6.45, 7) is 4.50. The van der Waals surface area contributed by atoms with E-state index in [2.05, 4.69) is 43.1 Å². The van der Waals surface area contributed by atoms with E-state index in [1.807, 2.05) is 36.4 Å². The number of hydrogen-bond donors (Lipinski definition) is 1. The Balaban J connectivity index is 1.37. The van der Waals surface area contributed by atoms with Gasteiger partial charge in [-0.2, -0.15) is 0 Å². The first-order chi connectivity index (χ1) is 22.1. The van der Waals surface area contributed by atoms with Crippen molar-refractivity contribution in [2.45, 2.75) is 117 Å². The molecule has 1 heterocycles. The van der Waals surface area contributed by atoms with Gasteiger partial charge in [0.05, 0.1) is 5.52 Å². The molecule has 0 aliphatic carbocycles. The number of benzene rings is 3. The molecule has 45 heavy (non-hydrogen) atoms. The SMILES string of the molecule is CCCCCCCCCc1ccc(Oc2ccc3nc(C(=O)O)cc(Oc4ccc(CCCCCCCCC)cc4)c3c2)cc1. The molecule has 0 atom stereocenters. The molecule has 0 aliphatic heterocycles. The summed E-state index contributed by atoms with van der Waals surface area (Å²) < 4.78 is 12.4. The minimum Gasteiger partial charge on any atom is -0.477 e. The summed E-state index contributed by atoms with van der Waals surface area (Å²) in [5, 5.41) is 10.4. The van der Waals surface area contributed by atoms with Crippen LogP contribution < -0.4 is 9.47 Å². The number of rotatable bonds is 21. The Hall–Kier alpha value is -3.86. The van der Waals surface area contributed by atoms with E-state index >= 15 is 0 Å². The normalized spacial score (nSPS) is 11.2. The van der Waals surface area contributed by atoms with Gasteiger partial charge in [0.1, 0.15) is 23.0 Å². The molecular formula is C40H51NO4. The van der Waals surface area contributed by atoms with Crippen LogP contribution in [0.3, 0.4) is 0 Å². The van der Waals surface area contributed by atoms with Crippen molar-refractivity contribution in [3.8, 4) is 23.0 Å². The van der Waals surface area contributed by atoms with Crippen molar-refractivity contribution in [3.05, 3.63) is 89.6 Å². The number of carboxylic acid groups (broad SMARTS) is 1. The molecule has 0 bridgehead atoms. The Morgan fingerprint density at radius 2 is 1.04 bits per heavy atom. The second-order valence-corrected chi connectivity index (χ2v) is 12.2. The third-order valence-electron chi connectivity index (χ3n) is 8.41. The van der Waals surface area contributed by atoms with Crippen LogP contribution in [0.4, 0.5) is 0 Å². The molecule has 1 aromatic heterocycles. The zero-order chi connectivity index (χ0) is 31.7. The number of aromatic nitrogens is 1. The highest BCUT2D eigenvalue weighted by molar-refractivity contribution is 5.94. The number of unbranched alkanes of at least 4 members (excludes halogenated alkanes) is 12. The van der Waals surface area contributed by atoms with Crippen LogP contribution in [0, 0.1) is 0 Å². The van der Waals surface area contributed by atoms with Crippen molar-refractivity contribution in [2.24, 2.45) is 0 Å². The summed E-state index contributed by atoms with van der Waals surface area (Å²) in [4.78, 5) is 16.2. The van der Waals surface area contributed by atoms with Gasteiger partial charge in [-0.1, -0.05) is 115 Å². The second kappa shape index (κ2) is 18.8. The summed E-state index contributed by atoms with van der Waals surface area (Å²) >= 11 is 0. The molecule has 1 N–H and O–H groups in total. The molecule has 0 spiro atoms. The number of hydrogen-bond acceptors (Lipinski definition) is 4. The maximum absolute atomic E-state index is 11.8. The molecule has 5 heteroatoms. The van der Waals surface area contributed by atoms with Crippen molar-refractivity contribution >= 4 is 16.9 Å². The zero-order valence-corrected chi connectivity index (χ0v) is 27.4. The summed E-state index contributed by atoms with van der Waals surface area (Å²) in [6.07, 6.45) is 20.3. The highest BCUT2D eigenvalue weighted by Gasteiger charge is 2.14. The van der Waals surface area contributed by atoms with Crippen LogP contribution in [0.15, 0.2) is 72.8 Å². The number of nitrogens with zero attached hydrogens (tertiary/aromatic N) is 1. The van der Waals surface area contributed by atoms with Gasteiger partial charge < -0.3 is 14.6 Å². The quantitative estimate of drug-likeness (QED) is 0.0952. The third-order valence-corrected chi connectivity index (χ3v) is 8.41. The van der Waals surface area contributed by atoms with Crippen LogP contribution in [0.1, 0.15) is 125 Å². The number of aryl methyl sites for hydroxylation is 2. The molecule has 240 valence electrons. The van der Waals surface area contributed by atoms with E-state index in [1.165, 1.54) is 107 Å². The predicted molar refractivity (Wildman–Crippen MR) is 185 cm³/mol. The fourth-order valence-electron chi connectivity index (χ4n) is 5.72. The first kappa shape index (κ1) is 34.0. The minimum atomic E-state index is -1.09. The van der Waals surface area contributed by atoms with Crippen LogP contribution in [-0.4, -0.2) is 16.1 Å². The smallest absolute Gasteiger partial charge is 0.354 e. The van der Waals surface area contributed by atoms with Gasteiger partial charge in [0.2, 0.25) is 0 Å². The molecule has 0 fully saturated rings. The van der Waals surface area contributed by atoms with E-state index in [0.29, 0.717) is 28.2 Å². The third kappa shape index (κ3) is 11.5. The van der Waals surface area contributed by atoms with Gasteiger partial charge >= 0.3 is 5.97 Å². The van der Waals surface area contributed by atoms with Gasteiger partial charge in [0.15, 0.2) is 5.69 Å². The van der Waals surface area contributed by atoms with Crippen LogP contribution in [-0.2, 0) is 12.8 Å². The molecule has 3 aromatic carbocycles. The maximum atomic E-state index is 11.8. The number of fused-ring (bicyclic) bond motifs is 1. The largest absolute Gasteiger partial charge is 0.477 e. The van der Waals surface area contributed by atoms with E-state index in [4.69, 9.17) is 9.47 Å².